The van der Waals surface area contributed by atoms with Gasteiger partial charge in [-0.2, -0.15) is 0 Å². The van der Waals surface area contributed by atoms with Crippen molar-refractivity contribution < 1.29 is 9.47 Å². The molecule has 0 spiro atoms. The van der Waals surface area contributed by atoms with Crippen molar-refractivity contribution in [3.05, 3.63) is 71.8 Å². The zero-order valence-corrected chi connectivity index (χ0v) is 16.7. The smallest absolute Gasteiger partial charge is 0.161 e. The molecular weight excluding hydrogens is 364 g/mol. The Morgan fingerprint density at radius 3 is 2.27 bits per heavy atom. The summed E-state index contributed by atoms with van der Waals surface area (Å²) in [5.41, 5.74) is 4.54. The first-order valence-corrected chi connectivity index (χ1v) is 9.66. The van der Waals surface area contributed by atoms with Gasteiger partial charge in [0.05, 0.1) is 14.2 Å². The average Bonchev–Trinajstić information content (AvgIpc) is 2.69. The van der Waals surface area contributed by atoms with Gasteiger partial charge in [0.25, 0.3) is 0 Å². The maximum Gasteiger partial charge on any atom is 0.161 e. The van der Waals surface area contributed by atoms with E-state index in [1.54, 1.807) is 26.0 Å². The second kappa shape index (κ2) is 8.52. The minimum Gasteiger partial charge on any atom is -0.493 e. The van der Waals surface area contributed by atoms with Crippen molar-refractivity contribution in [2.45, 2.75) is 22.6 Å². The molecule has 0 unspecified atom stereocenters. The highest BCUT2D eigenvalue weighted by atomic mass is 35.5. The van der Waals surface area contributed by atoms with Crippen LogP contribution in [0.25, 0.3) is 11.1 Å². The lowest BCUT2D eigenvalue weighted by Crippen LogP contribution is -1.94. The van der Waals surface area contributed by atoms with Gasteiger partial charge in [-0.1, -0.05) is 47.7 Å². The van der Waals surface area contributed by atoms with Crippen LogP contribution in [0.3, 0.4) is 0 Å². The molecule has 0 atom stereocenters. The number of aryl methyl sites for hydroxylation is 1. The SMILES string of the molecule is COc1ccc(-c2c(CCl)cccc2Sc2ccc(C)cc2)cc1OC. The van der Waals surface area contributed by atoms with Crippen molar-refractivity contribution in [3.8, 4) is 22.6 Å². The van der Waals surface area contributed by atoms with Crippen molar-refractivity contribution in [2.24, 2.45) is 0 Å². The lowest BCUT2D eigenvalue weighted by atomic mass is 10.00. The lowest BCUT2D eigenvalue weighted by Gasteiger charge is -2.16. The van der Waals surface area contributed by atoms with Crippen LogP contribution in [-0.2, 0) is 5.88 Å². The van der Waals surface area contributed by atoms with Crippen LogP contribution >= 0.6 is 23.4 Å². The number of methoxy groups -OCH3 is 2. The first-order valence-electron chi connectivity index (χ1n) is 8.31. The molecule has 0 aliphatic carbocycles. The summed E-state index contributed by atoms with van der Waals surface area (Å²) in [5.74, 6) is 1.87. The Morgan fingerprint density at radius 2 is 1.62 bits per heavy atom. The fraction of sp³-hybridized carbons (Fsp3) is 0.182. The topological polar surface area (TPSA) is 18.5 Å². The summed E-state index contributed by atoms with van der Waals surface area (Å²) in [4.78, 5) is 2.36. The van der Waals surface area contributed by atoms with Gasteiger partial charge < -0.3 is 9.47 Å². The maximum absolute atomic E-state index is 6.24. The molecule has 3 aromatic rings. The molecule has 3 rings (SSSR count). The summed E-state index contributed by atoms with van der Waals surface area (Å²) >= 11 is 7.98. The Balaban J connectivity index is 2.09. The van der Waals surface area contributed by atoms with Gasteiger partial charge in [-0.05, 0) is 48.4 Å². The molecule has 0 saturated carbocycles. The monoisotopic (exact) mass is 384 g/mol. The van der Waals surface area contributed by atoms with Gasteiger partial charge in [-0.3, -0.25) is 0 Å². The van der Waals surface area contributed by atoms with Crippen molar-refractivity contribution in [2.75, 3.05) is 14.2 Å². The van der Waals surface area contributed by atoms with E-state index in [4.69, 9.17) is 21.1 Å². The molecule has 0 amide bonds. The molecule has 0 saturated heterocycles. The summed E-state index contributed by atoms with van der Waals surface area (Å²) < 4.78 is 10.8. The third-order valence-electron chi connectivity index (χ3n) is 4.18. The van der Waals surface area contributed by atoms with Crippen molar-refractivity contribution >= 4 is 23.4 Å². The molecule has 0 aromatic heterocycles. The minimum atomic E-state index is 0.450. The number of halogens is 1. The average molecular weight is 385 g/mol. The van der Waals surface area contributed by atoms with E-state index in [2.05, 4.69) is 49.4 Å². The highest BCUT2D eigenvalue weighted by Crippen LogP contribution is 2.41. The molecule has 4 heteroatoms. The van der Waals surface area contributed by atoms with Gasteiger partial charge >= 0.3 is 0 Å². The number of hydrogen-bond donors (Lipinski definition) is 0. The Morgan fingerprint density at radius 1 is 0.885 bits per heavy atom. The normalized spacial score (nSPS) is 10.6. The van der Waals surface area contributed by atoms with Crippen LogP contribution < -0.4 is 9.47 Å². The van der Waals surface area contributed by atoms with Crippen LogP contribution in [0.5, 0.6) is 11.5 Å². The molecule has 0 radical (unpaired) electrons. The van der Waals surface area contributed by atoms with Gasteiger partial charge in [0.15, 0.2) is 11.5 Å². The maximum atomic E-state index is 6.24. The van der Waals surface area contributed by atoms with Crippen LogP contribution in [-0.4, -0.2) is 14.2 Å². The molecule has 3 aromatic carbocycles. The van der Waals surface area contributed by atoms with E-state index < -0.39 is 0 Å². The summed E-state index contributed by atoms with van der Waals surface area (Å²) in [5, 5.41) is 0. The largest absolute Gasteiger partial charge is 0.493 e. The van der Waals surface area contributed by atoms with Crippen LogP contribution in [0.4, 0.5) is 0 Å². The third-order valence-corrected chi connectivity index (χ3v) is 5.53. The first kappa shape index (κ1) is 18.7. The van der Waals surface area contributed by atoms with Crippen LogP contribution in [0.2, 0.25) is 0 Å². The third kappa shape index (κ3) is 4.00. The van der Waals surface area contributed by atoms with Crippen molar-refractivity contribution in [3.63, 3.8) is 0 Å². The number of ether oxygens (including phenoxy) is 2. The van der Waals surface area contributed by atoms with Crippen LogP contribution in [0.1, 0.15) is 11.1 Å². The van der Waals surface area contributed by atoms with Crippen molar-refractivity contribution in [1.29, 1.82) is 0 Å². The number of alkyl halides is 1. The van der Waals surface area contributed by atoms with Gasteiger partial charge in [0, 0.05) is 21.2 Å². The predicted octanol–water partition coefficient (Wildman–Crippen LogP) is 6.57. The number of rotatable bonds is 6. The molecular formula is C22H21ClO2S. The lowest BCUT2D eigenvalue weighted by molar-refractivity contribution is 0.355. The summed E-state index contributed by atoms with van der Waals surface area (Å²) in [6.45, 7) is 2.09. The second-order valence-corrected chi connectivity index (χ2v) is 7.29. The Kier molecular flexibility index (Phi) is 6.12. The molecule has 26 heavy (non-hydrogen) atoms. The molecule has 2 nitrogen and oxygen atoms in total. The van der Waals surface area contributed by atoms with Crippen LogP contribution in [0, 0.1) is 6.92 Å². The van der Waals surface area contributed by atoms with E-state index in [0.29, 0.717) is 17.4 Å². The molecule has 0 aliphatic rings. The molecule has 0 heterocycles. The Bertz CT molecular complexity index is 891. The summed E-state index contributed by atoms with van der Waals surface area (Å²) in [6, 6.07) is 20.8. The first-order chi connectivity index (χ1) is 12.7. The molecule has 134 valence electrons. The van der Waals surface area contributed by atoms with Crippen LogP contribution in [0.15, 0.2) is 70.5 Å². The zero-order chi connectivity index (χ0) is 18.5. The highest BCUT2D eigenvalue weighted by Gasteiger charge is 2.14. The van der Waals surface area contributed by atoms with E-state index in [1.807, 2.05) is 18.2 Å². The van der Waals surface area contributed by atoms with E-state index in [0.717, 1.165) is 16.7 Å². The molecule has 0 fully saturated rings. The zero-order valence-electron chi connectivity index (χ0n) is 15.1. The fourth-order valence-corrected chi connectivity index (χ4v) is 4.07. The fourth-order valence-electron chi connectivity index (χ4n) is 2.83. The van der Waals surface area contributed by atoms with Gasteiger partial charge in [-0.25, -0.2) is 0 Å². The number of hydrogen-bond acceptors (Lipinski definition) is 3. The Hall–Kier alpha value is -2.10. The number of benzene rings is 3. The highest BCUT2D eigenvalue weighted by molar-refractivity contribution is 7.99. The quantitative estimate of drug-likeness (QED) is 0.448. The standard InChI is InChI=1S/C22H21ClO2S/c1-15-7-10-18(11-8-15)26-21-6-4-5-17(14-23)22(21)16-9-12-19(24-2)20(13-16)25-3/h4-13H,14H2,1-3H3. The van der Waals surface area contributed by atoms with Gasteiger partial charge in [0.2, 0.25) is 0 Å². The van der Waals surface area contributed by atoms with E-state index >= 15 is 0 Å². The second-order valence-electron chi connectivity index (χ2n) is 5.91. The molecule has 0 aliphatic heterocycles. The van der Waals surface area contributed by atoms with E-state index in [-0.39, 0.29) is 0 Å². The molecule has 0 N–H and O–H groups in total. The van der Waals surface area contributed by atoms with Gasteiger partial charge in [0.1, 0.15) is 0 Å². The summed E-state index contributed by atoms with van der Waals surface area (Å²) in [7, 11) is 3.29. The van der Waals surface area contributed by atoms with Crippen molar-refractivity contribution in [1.82, 2.24) is 0 Å². The van der Waals surface area contributed by atoms with E-state index in [9.17, 15) is 0 Å². The van der Waals surface area contributed by atoms with Gasteiger partial charge in [-0.15, -0.1) is 11.6 Å². The minimum absolute atomic E-state index is 0.450. The predicted molar refractivity (Wildman–Crippen MR) is 110 cm³/mol. The summed E-state index contributed by atoms with van der Waals surface area (Å²) in [6.07, 6.45) is 0. The van der Waals surface area contributed by atoms with E-state index in [1.165, 1.54) is 15.4 Å². The molecule has 0 bridgehead atoms. The Labute approximate surface area is 164 Å².